The van der Waals surface area contributed by atoms with Crippen LogP contribution in [0.2, 0.25) is 0 Å². The summed E-state index contributed by atoms with van der Waals surface area (Å²) in [6.45, 7) is 5.97. The van der Waals surface area contributed by atoms with Crippen molar-refractivity contribution in [1.82, 2.24) is 24.7 Å². The largest absolute Gasteiger partial charge is 0.390 e. The Balaban J connectivity index is 1.53. The van der Waals surface area contributed by atoms with Crippen LogP contribution in [-0.4, -0.2) is 35.5 Å². The SMILES string of the molecule is Cc1onc(C(=O)Nc2cc(C)n(Cc3ccccc3)n2)c1Cn1nc([N+](=O)[O-])cc1C. The van der Waals surface area contributed by atoms with Gasteiger partial charge in [-0.2, -0.15) is 9.78 Å². The fourth-order valence-corrected chi connectivity index (χ4v) is 3.31. The molecule has 0 saturated carbocycles. The zero-order valence-corrected chi connectivity index (χ0v) is 17.8. The van der Waals surface area contributed by atoms with E-state index in [0.29, 0.717) is 29.4 Å². The van der Waals surface area contributed by atoms with Crippen LogP contribution in [0.15, 0.2) is 47.0 Å². The summed E-state index contributed by atoms with van der Waals surface area (Å²) in [5.74, 6) is 0.0713. The maximum Gasteiger partial charge on any atom is 0.390 e. The summed E-state index contributed by atoms with van der Waals surface area (Å²) in [4.78, 5) is 23.3. The fourth-order valence-electron chi connectivity index (χ4n) is 3.31. The van der Waals surface area contributed by atoms with E-state index in [0.717, 1.165) is 11.3 Å². The molecular formula is C21H21N7O4. The molecule has 32 heavy (non-hydrogen) atoms. The molecule has 3 aromatic heterocycles. The van der Waals surface area contributed by atoms with Crippen molar-refractivity contribution in [2.45, 2.75) is 33.9 Å². The van der Waals surface area contributed by atoms with Gasteiger partial charge in [0.25, 0.3) is 5.91 Å². The molecule has 1 amide bonds. The first kappa shape index (κ1) is 21.0. The number of nitrogens with zero attached hydrogens (tertiary/aromatic N) is 6. The molecule has 164 valence electrons. The maximum atomic E-state index is 12.9. The van der Waals surface area contributed by atoms with E-state index in [1.165, 1.54) is 10.7 Å². The van der Waals surface area contributed by atoms with Gasteiger partial charge in [0.1, 0.15) is 5.76 Å². The number of hydrogen-bond acceptors (Lipinski definition) is 7. The summed E-state index contributed by atoms with van der Waals surface area (Å²) in [5.41, 5.74) is 3.13. The van der Waals surface area contributed by atoms with E-state index in [1.54, 1.807) is 24.6 Å². The van der Waals surface area contributed by atoms with E-state index in [1.807, 2.05) is 37.3 Å². The number of rotatable bonds is 7. The van der Waals surface area contributed by atoms with Crippen LogP contribution in [0.4, 0.5) is 11.6 Å². The van der Waals surface area contributed by atoms with Crippen molar-refractivity contribution in [3.63, 3.8) is 0 Å². The van der Waals surface area contributed by atoms with Crippen molar-refractivity contribution < 1.29 is 14.2 Å². The summed E-state index contributed by atoms with van der Waals surface area (Å²) in [6.07, 6.45) is 0. The quantitative estimate of drug-likeness (QED) is 0.348. The van der Waals surface area contributed by atoms with Gasteiger partial charge in [-0.3, -0.25) is 9.48 Å². The van der Waals surface area contributed by atoms with Crippen molar-refractivity contribution in [2.24, 2.45) is 0 Å². The highest BCUT2D eigenvalue weighted by molar-refractivity contribution is 6.03. The molecule has 0 aliphatic rings. The highest BCUT2D eigenvalue weighted by Gasteiger charge is 2.24. The molecule has 4 aromatic rings. The molecule has 11 heteroatoms. The van der Waals surface area contributed by atoms with Gasteiger partial charge in [-0.05, 0) is 31.3 Å². The first-order chi connectivity index (χ1) is 15.3. The smallest absolute Gasteiger partial charge is 0.361 e. The zero-order chi connectivity index (χ0) is 22.8. The normalized spacial score (nSPS) is 11.0. The van der Waals surface area contributed by atoms with Crippen molar-refractivity contribution in [1.29, 1.82) is 0 Å². The molecule has 0 fully saturated rings. The molecule has 4 rings (SSSR count). The number of nitrogens with one attached hydrogen (secondary N) is 1. The first-order valence-corrected chi connectivity index (χ1v) is 9.85. The number of anilines is 1. The average molecular weight is 435 g/mol. The second-order valence-corrected chi connectivity index (χ2v) is 7.39. The van der Waals surface area contributed by atoms with Gasteiger partial charge in [-0.25, -0.2) is 0 Å². The minimum absolute atomic E-state index is 0.0790. The van der Waals surface area contributed by atoms with E-state index in [-0.39, 0.29) is 18.1 Å². The molecule has 0 radical (unpaired) electrons. The van der Waals surface area contributed by atoms with Crippen LogP contribution in [0, 0.1) is 30.9 Å². The minimum atomic E-state index is -0.564. The Morgan fingerprint density at radius 1 is 1.06 bits per heavy atom. The number of aryl methyl sites for hydroxylation is 3. The molecule has 0 atom stereocenters. The summed E-state index contributed by atoms with van der Waals surface area (Å²) < 4.78 is 8.45. The van der Waals surface area contributed by atoms with Gasteiger partial charge in [-0.15, -0.1) is 0 Å². The second kappa shape index (κ2) is 8.46. The molecule has 0 unspecified atom stereocenters. The number of nitro groups is 1. The monoisotopic (exact) mass is 435 g/mol. The van der Waals surface area contributed by atoms with Gasteiger partial charge in [0, 0.05) is 11.8 Å². The van der Waals surface area contributed by atoms with E-state index in [4.69, 9.17) is 4.52 Å². The molecule has 1 N–H and O–H groups in total. The van der Waals surface area contributed by atoms with Gasteiger partial charge >= 0.3 is 5.82 Å². The van der Waals surface area contributed by atoms with E-state index >= 15 is 0 Å². The lowest BCUT2D eigenvalue weighted by Gasteiger charge is -2.04. The summed E-state index contributed by atoms with van der Waals surface area (Å²) in [6, 6.07) is 13.0. The molecule has 3 heterocycles. The van der Waals surface area contributed by atoms with Gasteiger partial charge in [-0.1, -0.05) is 35.5 Å². The van der Waals surface area contributed by atoms with E-state index < -0.39 is 10.8 Å². The third-order valence-electron chi connectivity index (χ3n) is 5.06. The highest BCUT2D eigenvalue weighted by atomic mass is 16.6. The molecule has 11 nitrogen and oxygen atoms in total. The van der Waals surface area contributed by atoms with Crippen molar-refractivity contribution in [2.75, 3.05) is 5.32 Å². The summed E-state index contributed by atoms with van der Waals surface area (Å²) >= 11 is 0. The molecule has 0 saturated heterocycles. The number of hydrogen-bond donors (Lipinski definition) is 1. The number of carbonyl (C=O) groups is 1. The molecule has 0 spiro atoms. The Kier molecular flexibility index (Phi) is 5.54. The molecule has 0 aliphatic heterocycles. The predicted octanol–water partition coefficient (Wildman–Crippen LogP) is 3.25. The topological polar surface area (TPSA) is 134 Å². The van der Waals surface area contributed by atoms with Crippen molar-refractivity contribution in [3.8, 4) is 0 Å². The van der Waals surface area contributed by atoms with Crippen molar-refractivity contribution >= 4 is 17.5 Å². The minimum Gasteiger partial charge on any atom is -0.361 e. The lowest BCUT2D eigenvalue weighted by molar-refractivity contribution is -0.389. The lowest BCUT2D eigenvalue weighted by Crippen LogP contribution is -2.17. The van der Waals surface area contributed by atoms with Crippen LogP contribution in [0.25, 0.3) is 0 Å². The third-order valence-corrected chi connectivity index (χ3v) is 5.06. The average Bonchev–Trinajstić information content (AvgIpc) is 3.41. The Morgan fingerprint density at radius 2 is 1.75 bits per heavy atom. The molecule has 0 aliphatic carbocycles. The number of carbonyl (C=O) groups excluding carboxylic acids is 1. The van der Waals surface area contributed by atoms with E-state index in [9.17, 15) is 14.9 Å². The Morgan fingerprint density at radius 3 is 2.44 bits per heavy atom. The second-order valence-electron chi connectivity index (χ2n) is 7.39. The van der Waals surface area contributed by atoms with Gasteiger partial charge in [0.15, 0.2) is 11.5 Å². The molecular weight excluding hydrogens is 414 g/mol. The van der Waals surface area contributed by atoms with Gasteiger partial charge < -0.3 is 20.0 Å². The Bertz CT molecular complexity index is 1290. The van der Waals surface area contributed by atoms with Gasteiger partial charge in [0.05, 0.1) is 35.5 Å². The van der Waals surface area contributed by atoms with Crippen LogP contribution >= 0.6 is 0 Å². The van der Waals surface area contributed by atoms with Gasteiger partial charge in [0.2, 0.25) is 0 Å². The number of benzene rings is 1. The number of amides is 1. The van der Waals surface area contributed by atoms with Crippen LogP contribution in [0.3, 0.4) is 0 Å². The molecule has 0 bridgehead atoms. The van der Waals surface area contributed by atoms with Crippen LogP contribution < -0.4 is 5.32 Å². The number of aromatic nitrogens is 5. The standard InChI is InChI=1S/C21H21N7O4/c1-13-9-18(23-26(13)11-16-7-5-4-6-8-16)22-21(29)20-17(15(3)32-25-20)12-27-14(2)10-19(24-27)28(30)31/h4-10H,11-12H2,1-3H3,(H,22,23,29). The Hall–Kier alpha value is -4.28. The van der Waals surface area contributed by atoms with Crippen LogP contribution in [-0.2, 0) is 13.1 Å². The predicted molar refractivity (Wildman–Crippen MR) is 114 cm³/mol. The van der Waals surface area contributed by atoms with Crippen LogP contribution in [0.5, 0.6) is 0 Å². The lowest BCUT2D eigenvalue weighted by atomic mass is 10.2. The van der Waals surface area contributed by atoms with Crippen LogP contribution in [0.1, 0.15) is 38.8 Å². The van der Waals surface area contributed by atoms with Crippen molar-refractivity contribution in [3.05, 3.63) is 86.5 Å². The Labute approximate surface area is 182 Å². The zero-order valence-electron chi connectivity index (χ0n) is 17.8. The summed E-state index contributed by atoms with van der Waals surface area (Å²) in [5, 5.41) is 26.0. The third kappa shape index (κ3) is 4.26. The van der Waals surface area contributed by atoms with E-state index in [2.05, 4.69) is 20.7 Å². The first-order valence-electron chi connectivity index (χ1n) is 9.85. The molecule has 1 aromatic carbocycles. The summed E-state index contributed by atoms with van der Waals surface area (Å²) in [7, 11) is 0. The maximum absolute atomic E-state index is 12.9. The highest BCUT2D eigenvalue weighted by Crippen LogP contribution is 2.20. The fraction of sp³-hybridized carbons (Fsp3) is 0.238.